The molecule has 0 aromatic heterocycles. The summed E-state index contributed by atoms with van der Waals surface area (Å²) in [6, 6.07) is 0. The maximum absolute atomic E-state index is 11.2. The van der Waals surface area contributed by atoms with Gasteiger partial charge in [-0.2, -0.15) is 0 Å². The first-order chi connectivity index (χ1) is 8.06. The number of esters is 1. The number of rotatable bonds is 10. The largest absolute Gasteiger partial charge is 0.460 e. The van der Waals surface area contributed by atoms with E-state index in [-0.39, 0.29) is 18.9 Å². The van der Waals surface area contributed by atoms with E-state index in [9.17, 15) is 9.59 Å². The second kappa shape index (κ2) is 10.5. The first kappa shape index (κ1) is 16.4. The smallest absolute Gasteiger partial charge is 0.306 e. The Morgan fingerprint density at radius 1 is 1.24 bits per heavy atom. The summed E-state index contributed by atoms with van der Waals surface area (Å²) in [5.74, 6) is -0.413. The highest BCUT2D eigenvalue weighted by molar-refractivity contribution is 6.63. The van der Waals surface area contributed by atoms with Crippen LogP contribution >= 0.6 is 11.6 Å². The normalized spacial score (nSPS) is 12.2. The van der Waals surface area contributed by atoms with Crippen molar-refractivity contribution in [2.45, 2.75) is 52.1 Å². The molecular weight excluding hydrogens is 244 g/mol. The van der Waals surface area contributed by atoms with Crippen molar-refractivity contribution < 1.29 is 19.1 Å². The average Bonchev–Trinajstić information content (AvgIpc) is 2.26. The molecule has 1 atom stereocenters. The van der Waals surface area contributed by atoms with Crippen LogP contribution in [0.1, 0.15) is 46.0 Å². The lowest BCUT2D eigenvalue weighted by Gasteiger charge is -2.13. The molecule has 0 spiro atoms. The summed E-state index contributed by atoms with van der Waals surface area (Å²) in [5.41, 5.74) is 0. The molecule has 0 aromatic carbocycles. The van der Waals surface area contributed by atoms with Crippen LogP contribution in [0.3, 0.4) is 0 Å². The SMILES string of the molecule is CCCCCOCC(C)OC(=O)CCC(=O)Cl. The molecule has 0 saturated carbocycles. The van der Waals surface area contributed by atoms with Gasteiger partial charge in [0.25, 0.3) is 0 Å². The second-order valence-corrected chi connectivity index (χ2v) is 4.36. The van der Waals surface area contributed by atoms with E-state index in [0.717, 1.165) is 19.3 Å². The van der Waals surface area contributed by atoms with Gasteiger partial charge < -0.3 is 9.47 Å². The van der Waals surface area contributed by atoms with Crippen molar-refractivity contribution in [3.63, 3.8) is 0 Å². The lowest BCUT2D eigenvalue weighted by Crippen LogP contribution is -2.20. The Labute approximate surface area is 108 Å². The lowest BCUT2D eigenvalue weighted by atomic mass is 10.3. The van der Waals surface area contributed by atoms with E-state index in [2.05, 4.69) is 6.92 Å². The van der Waals surface area contributed by atoms with Gasteiger partial charge in [-0.25, -0.2) is 0 Å². The highest BCUT2D eigenvalue weighted by Gasteiger charge is 2.10. The van der Waals surface area contributed by atoms with Crippen molar-refractivity contribution in [3.05, 3.63) is 0 Å². The third-order valence-corrected chi connectivity index (χ3v) is 2.29. The summed E-state index contributed by atoms with van der Waals surface area (Å²) in [4.78, 5) is 21.6. The van der Waals surface area contributed by atoms with Crippen molar-refractivity contribution in [2.75, 3.05) is 13.2 Å². The molecule has 4 nitrogen and oxygen atoms in total. The first-order valence-electron chi connectivity index (χ1n) is 6.01. The Bertz CT molecular complexity index is 231. The van der Waals surface area contributed by atoms with Crippen LogP contribution < -0.4 is 0 Å². The highest BCUT2D eigenvalue weighted by atomic mass is 35.5. The van der Waals surface area contributed by atoms with Gasteiger partial charge in [0.05, 0.1) is 13.0 Å². The van der Waals surface area contributed by atoms with Gasteiger partial charge in [-0.1, -0.05) is 19.8 Å². The minimum atomic E-state index is -0.523. The maximum Gasteiger partial charge on any atom is 0.306 e. The standard InChI is InChI=1S/C12H21ClO4/c1-3-4-5-8-16-9-10(2)17-12(15)7-6-11(13)14/h10H,3-9H2,1-2H3. The molecule has 5 heteroatoms. The van der Waals surface area contributed by atoms with Crippen LogP contribution in [-0.2, 0) is 19.1 Å². The zero-order valence-electron chi connectivity index (χ0n) is 10.5. The van der Waals surface area contributed by atoms with Gasteiger partial charge >= 0.3 is 5.97 Å². The van der Waals surface area contributed by atoms with E-state index in [1.54, 1.807) is 6.92 Å². The predicted octanol–water partition coefficient (Wildman–Crippen LogP) is 2.67. The molecule has 0 heterocycles. The van der Waals surface area contributed by atoms with Crippen LogP contribution in [0.2, 0.25) is 0 Å². The van der Waals surface area contributed by atoms with Crippen LogP contribution in [0.15, 0.2) is 0 Å². The molecule has 0 bridgehead atoms. The van der Waals surface area contributed by atoms with Crippen LogP contribution in [0.5, 0.6) is 0 Å². The number of ether oxygens (including phenoxy) is 2. The zero-order chi connectivity index (χ0) is 13.1. The van der Waals surface area contributed by atoms with Crippen molar-refractivity contribution >= 4 is 22.8 Å². The van der Waals surface area contributed by atoms with Gasteiger partial charge in [0.2, 0.25) is 5.24 Å². The highest BCUT2D eigenvalue weighted by Crippen LogP contribution is 2.02. The molecule has 17 heavy (non-hydrogen) atoms. The molecule has 0 saturated heterocycles. The second-order valence-electron chi connectivity index (χ2n) is 3.94. The van der Waals surface area contributed by atoms with E-state index >= 15 is 0 Å². The van der Waals surface area contributed by atoms with Crippen molar-refractivity contribution in [1.29, 1.82) is 0 Å². The van der Waals surface area contributed by atoms with E-state index in [0.29, 0.717) is 13.2 Å². The van der Waals surface area contributed by atoms with E-state index < -0.39 is 11.2 Å². The third kappa shape index (κ3) is 11.6. The number of hydrogen-bond acceptors (Lipinski definition) is 4. The fourth-order valence-corrected chi connectivity index (χ4v) is 1.32. The summed E-state index contributed by atoms with van der Waals surface area (Å²) in [6.07, 6.45) is 3.09. The number of carbonyl (C=O) groups is 2. The average molecular weight is 265 g/mol. The Morgan fingerprint density at radius 2 is 1.94 bits per heavy atom. The summed E-state index contributed by atoms with van der Waals surface area (Å²) < 4.78 is 10.4. The topological polar surface area (TPSA) is 52.6 Å². The lowest BCUT2D eigenvalue weighted by molar-refractivity contribution is -0.151. The summed E-state index contributed by atoms with van der Waals surface area (Å²) in [6.45, 7) is 4.98. The van der Waals surface area contributed by atoms with Crippen molar-refractivity contribution in [2.24, 2.45) is 0 Å². The maximum atomic E-state index is 11.2. The van der Waals surface area contributed by atoms with Gasteiger partial charge in [0.15, 0.2) is 0 Å². The Kier molecular flexibility index (Phi) is 10.2. The van der Waals surface area contributed by atoms with Crippen molar-refractivity contribution in [3.8, 4) is 0 Å². The number of halogens is 1. The molecule has 0 radical (unpaired) electrons. The third-order valence-electron chi connectivity index (χ3n) is 2.10. The molecule has 0 amide bonds. The molecular formula is C12H21ClO4. The predicted molar refractivity (Wildman–Crippen MR) is 66.0 cm³/mol. The molecule has 0 fully saturated rings. The minimum absolute atomic E-state index is 0.0183. The van der Waals surface area contributed by atoms with Crippen LogP contribution in [0.25, 0.3) is 0 Å². The number of unbranched alkanes of at least 4 members (excludes halogenated alkanes) is 2. The van der Waals surface area contributed by atoms with Gasteiger partial charge in [-0.05, 0) is 24.9 Å². The zero-order valence-corrected chi connectivity index (χ0v) is 11.3. The van der Waals surface area contributed by atoms with Gasteiger partial charge in [0.1, 0.15) is 6.10 Å². The van der Waals surface area contributed by atoms with Crippen molar-refractivity contribution in [1.82, 2.24) is 0 Å². The fourth-order valence-electron chi connectivity index (χ4n) is 1.22. The summed E-state index contributed by atoms with van der Waals surface area (Å²) in [5, 5.41) is -0.523. The van der Waals surface area contributed by atoms with E-state index in [4.69, 9.17) is 21.1 Å². The van der Waals surface area contributed by atoms with Gasteiger partial charge in [-0.3, -0.25) is 9.59 Å². The molecule has 100 valence electrons. The van der Waals surface area contributed by atoms with Crippen LogP contribution in [0.4, 0.5) is 0 Å². The fraction of sp³-hybridized carbons (Fsp3) is 0.833. The number of carbonyl (C=O) groups excluding carboxylic acids is 2. The Balaban J connectivity index is 3.47. The molecule has 1 unspecified atom stereocenters. The monoisotopic (exact) mass is 264 g/mol. The van der Waals surface area contributed by atoms with Crippen LogP contribution in [0, 0.1) is 0 Å². The minimum Gasteiger partial charge on any atom is -0.460 e. The van der Waals surface area contributed by atoms with E-state index in [1.807, 2.05) is 0 Å². The molecule has 0 aliphatic heterocycles. The Hall–Kier alpha value is -0.610. The molecule has 0 rings (SSSR count). The van der Waals surface area contributed by atoms with E-state index in [1.165, 1.54) is 0 Å². The molecule has 0 aromatic rings. The number of hydrogen-bond donors (Lipinski definition) is 0. The summed E-state index contributed by atoms with van der Waals surface area (Å²) in [7, 11) is 0. The van der Waals surface area contributed by atoms with Gasteiger partial charge in [-0.15, -0.1) is 0 Å². The molecule has 0 N–H and O–H groups in total. The van der Waals surface area contributed by atoms with Gasteiger partial charge in [0, 0.05) is 13.0 Å². The molecule has 0 aliphatic rings. The Morgan fingerprint density at radius 3 is 2.53 bits per heavy atom. The van der Waals surface area contributed by atoms with Crippen LogP contribution in [-0.4, -0.2) is 30.5 Å². The molecule has 0 aliphatic carbocycles. The quantitative estimate of drug-likeness (QED) is 0.346. The summed E-state index contributed by atoms with van der Waals surface area (Å²) >= 11 is 5.12. The first-order valence-corrected chi connectivity index (χ1v) is 6.39.